The number of ether oxygens (including phenoxy) is 5. The number of carbonyl (C=O) groups is 2. The fourth-order valence-corrected chi connectivity index (χ4v) is 5.75. The predicted molar refractivity (Wildman–Crippen MR) is 100 cm³/mol. The van der Waals surface area contributed by atoms with Crippen molar-refractivity contribution in [1.82, 2.24) is 0 Å². The van der Waals surface area contributed by atoms with Crippen LogP contribution in [0, 0.1) is 0 Å². The summed E-state index contributed by atoms with van der Waals surface area (Å²) in [6, 6.07) is 1.51. The van der Waals surface area contributed by atoms with Crippen molar-refractivity contribution < 1.29 is 50.9 Å². The zero-order chi connectivity index (χ0) is 22.8. The van der Waals surface area contributed by atoms with Gasteiger partial charge in [0.15, 0.2) is 22.2 Å². The van der Waals surface area contributed by atoms with Gasteiger partial charge in [-0.3, -0.25) is 9.59 Å². The molecule has 1 aromatic carbocycles. The van der Waals surface area contributed by atoms with E-state index in [-0.39, 0.29) is 40.2 Å². The molecule has 12 heteroatoms. The summed E-state index contributed by atoms with van der Waals surface area (Å²) in [5.74, 6) is -2.40. The van der Waals surface area contributed by atoms with Crippen molar-refractivity contribution in [3.8, 4) is 17.2 Å². The van der Waals surface area contributed by atoms with Gasteiger partial charge < -0.3 is 28.1 Å². The molecule has 1 saturated heterocycles. The Morgan fingerprint density at radius 2 is 1.87 bits per heavy atom. The number of alkyl halides is 3. The van der Waals surface area contributed by atoms with Gasteiger partial charge in [-0.1, -0.05) is 11.8 Å². The Hall–Kier alpha value is -2.76. The van der Waals surface area contributed by atoms with Crippen LogP contribution in [0.4, 0.5) is 13.2 Å². The molecule has 0 spiro atoms. The van der Waals surface area contributed by atoms with Gasteiger partial charge in [-0.15, -0.1) is 0 Å². The minimum atomic E-state index is -4.94. The van der Waals surface area contributed by atoms with Crippen molar-refractivity contribution in [2.45, 2.75) is 35.3 Å². The van der Waals surface area contributed by atoms with E-state index >= 15 is 0 Å². The lowest BCUT2D eigenvalue weighted by Crippen LogP contribution is -2.52. The number of rotatable bonds is 4. The van der Waals surface area contributed by atoms with Crippen LogP contribution in [-0.4, -0.2) is 49.6 Å². The summed E-state index contributed by atoms with van der Waals surface area (Å²) in [7, 11) is 3.55. The second kappa shape index (κ2) is 6.87. The molecule has 2 bridgehead atoms. The lowest BCUT2D eigenvalue weighted by Gasteiger charge is -2.41. The Labute approximate surface area is 177 Å². The number of thioether (sulfide) groups is 1. The van der Waals surface area contributed by atoms with E-state index in [1.807, 2.05) is 0 Å². The molecule has 3 heterocycles. The van der Waals surface area contributed by atoms with Crippen molar-refractivity contribution in [3.05, 3.63) is 17.9 Å². The van der Waals surface area contributed by atoms with Crippen LogP contribution in [-0.2, 0) is 24.7 Å². The maximum atomic E-state index is 14.3. The van der Waals surface area contributed by atoms with Crippen LogP contribution in [0.25, 0.3) is 11.0 Å². The average molecular weight is 462 g/mol. The maximum absolute atomic E-state index is 14.3. The van der Waals surface area contributed by atoms with Crippen LogP contribution in [0.3, 0.4) is 0 Å². The fourth-order valence-electron chi connectivity index (χ4n) is 4.18. The van der Waals surface area contributed by atoms with E-state index in [0.717, 1.165) is 14.0 Å². The first-order chi connectivity index (χ1) is 14.5. The fraction of sp³-hybridized carbons (Fsp3) is 0.474. The van der Waals surface area contributed by atoms with Gasteiger partial charge in [-0.25, -0.2) is 0 Å². The lowest BCUT2D eigenvalue weighted by molar-refractivity contribution is -0.231. The summed E-state index contributed by atoms with van der Waals surface area (Å²) in [6.07, 6.45) is -4.53. The second-order valence-electron chi connectivity index (χ2n) is 6.97. The first kappa shape index (κ1) is 21.5. The molecule has 1 aromatic heterocycles. The largest absolute Gasteiger partial charge is 0.495 e. The Morgan fingerprint density at radius 1 is 1.19 bits per heavy atom. The second-order valence-corrected chi connectivity index (χ2v) is 8.33. The Morgan fingerprint density at radius 3 is 2.42 bits per heavy atom. The van der Waals surface area contributed by atoms with Crippen LogP contribution < -0.4 is 14.2 Å². The highest BCUT2D eigenvalue weighted by molar-refractivity contribution is 8.02. The van der Waals surface area contributed by atoms with Gasteiger partial charge in [-0.05, 0) is 6.07 Å². The third-order valence-corrected chi connectivity index (χ3v) is 6.92. The number of halogens is 3. The molecule has 31 heavy (non-hydrogen) atoms. The smallest absolute Gasteiger partial charge is 0.438 e. The molecule has 3 unspecified atom stereocenters. The number of benzene rings is 1. The molecule has 0 radical (unpaired) electrons. The summed E-state index contributed by atoms with van der Waals surface area (Å²) >= 11 is 0.173. The summed E-state index contributed by atoms with van der Waals surface area (Å²) in [6.45, 7) is 1.04. The molecule has 168 valence electrons. The number of methoxy groups -OCH3 is 3. The van der Waals surface area contributed by atoms with Crippen LogP contribution in [0.5, 0.6) is 17.2 Å². The molecular formula is C19H17F3O8S. The highest BCUT2D eigenvalue weighted by atomic mass is 32.2. The third-order valence-electron chi connectivity index (χ3n) is 5.27. The normalized spacial score (nSPS) is 26.7. The van der Waals surface area contributed by atoms with E-state index in [9.17, 15) is 22.8 Å². The summed E-state index contributed by atoms with van der Waals surface area (Å²) in [4.78, 5) is 21.8. The zero-order valence-electron chi connectivity index (χ0n) is 16.7. The van der Waals surface area contributed by atoms with Crippen LogP contribution >= 0.6 is 11.8 Å². The zero-order valence-corrected chi connectivity index (χ0v) is 17.6. The van der Waals surface area contributed by atoms with Crippen molar-refractivity contribution in [2.24, 2.45) is 0 Å². The quantitative estimate of drug-likeness (QED) is 0.633. The number of carbonyl (C=O) groups excluding carboxylic acids is 2. The minimum Gasteiger partial charge on any atom is -0.495 e. The minimum absolute atomic E-state index is 0.0352. The van der Waals surface area contributed by atoms with E-state index in [0.29, 0.717) is 5.39 Å². The molecule has 3 atom stereocenters. The third kappa shape index (κ3) is 2.76. The topological polar surface area (TPSA) is 93.4 Å². The SMILES string of the molecule is COC(=O)C1SC2(C(F)(F)F)CC1(OC(C)=O)c1c(c(OC)c3occc3c1OC)O2. The molecule has 0 N–H and O–H groups in total. The van der Waals surface area contributed by atoms with Gasteiger partial charge in [0, 0.05) is 6.92 Å². The summed E-state index contributed by atoms with van der Waals surface area (Å²) in [5, 5.41) is -1.25. The first-order valence-electron chi connectivity index (χ1n) is 8.91. The van der Waals surface area contributed by atoms with Gasteiger partial charge in [0.25, 0.3) is 4.93 Å². The van der Waals surface area contributed by atoms with Crippen LogP contribution in [0.1, 0.15) is 18.9 Å². The van der Waals surface area contributed by atoms with Gasteiger partial charge in [0.05, 0.1) is 45.0 Å². The summed E-state index contributed by atoms with van der Waals surface area (Å²) in [5.41, 5.74) is -2.08. The van der Waals surface area contributed by atoms with Crippen molar-refractivity contribution in [1.29, 1.82) is 0 Å². The average Bonchev–Trinajstić information content (AvgIpc) is 3.27. The van der Waals surface area contributed by atoms with E-state index in [1.54, 1.807) is 0 Å². The molecule has 2 aliphatic heterocycles. The highest BCUT2D eigenvalue weighted by Gasteiger charge is 2.77. The molecule has 8 nitrogen and oxygen atoms in total. The number of hydrogen-bond donors (Lipinski definition) is 0. The van der Waals surface area contributed by atoms with Crippen molar-refractivity contribution >= 4 is 34.7 Å². The molecule has 4 rings (SSSR count). The maximum Gasteiger partial charge on any atom is 0.438 e. The lowest BCUT2D eigenvalue weighted by atomic mass is 9.80. The summed E-state index contributed by atoms with van der Waals surface area (Å²) < 4.78 is 74.9. The van der Waals surface area contributed by atoms with Crippen LogP contribution in [0.15, 0.2) is 16.7 Å². The Kier molecular flexibility index (Phi) is 4.76. The molecular weight excluding hydrogens is 445 g/mol. The van der Waals surface area contributed by atoms with E-state index in [4.69, 9.17) is 28.1 Å². The standard InChI is InChI=1S/C19H17F3O8S/c1-8(23)29-17-7-18(19(20,21)22,31-15(17)16(24)27-4)30-13-10(17)11(25-2)9-5-6-28-12(9)14(13)26-3/h5-6,15H,7H2,1-4H3. The molecule has 2 aliphatic rings. The van der Waals surface area contributed by atoms with E-state index < -0.39 is 40.3 Å². The van der Waals surface area contributed by atoms with Gasteiger partial charge in [-0.2, -0.15) is 13.2 Å². The van der Waals surface area contributed by atoms with Crippen LogP contribution in [0.2, 0.25) is 0 Å². The Balaban J connectivity index is 2.16. The molecule has 0 aliphatic carbocycles. The van der Waals surface area contributed by atoms with Crippen molar-refractivity contribution in [2.75, 3.05) is 21.3 Å². The number of fused-ring (bicyclic) bond motifs is 5. The van der Waals surface area contributed by atoms with Gasteiger partial charge in [0.1, 0.15) is 5.75 Å². The molecule has 0 saturated carbocycles. The van der Waals surface area contributed by atoms with Gasteiger partial charge >= 0.3 is 18.1 Å². The van der Waals surface area contributed by atoms with Gasteiger partial charge in [0.2, 0.25) is 5.75 Å². The molecule has 2 aromatic rings. The molecule has 1 fully saturated rings. The Bertz CT molecular complexity index is 1080. The highest BCUT2D eigenvalue weighted by Crippen LogP contribution is 2.70. The van der Waals surface area contributed by atoms with E-state index in [2.05, 4.69) is 0 Å². The molecule has 0 amide bonds. The van der Waals surface area contributed by atoms with Crippen molar-refractivity contribution in [3.63, 3.8) is 0 Å². The van der Waals surface area contributed by atoms with E-state index in [1.165, 1.54) is 26.5 Å². The number of esters is 2. The number of furan rings is 1. The predicted octanol–water partition coefficient (Wildman–Crippen LogP) is 3.54. The monoisotopic (exact) mass is 462 g/mol. The number of hydrogen-bond acceptors (Lipinski definition) is 9. The first-order valence-corrected chi connectivity index (χ1v) is 9.79.